The van der Waals surface area contributed by atoms with Gasteiger partial charge in [0.1, 0.15) is 0 Å². The highest BCUT2D eigenvalue weighted by atomic mass is 16.1. The maximum absolute atomic E-state index is 13.0. The van der Waals surface area contributed by atoms with Gasteiger partial charge in [0.05, 0.1) is 34.2 Å². The summed E-state index contributed by atoms with van der Waals surface area (Å²) in [6.07, 6.45) is 2.33. The number of hydrogen-bond donors (Lipinski definition) is 1. The molecule has 2 heterocycles. The first-order valence-electron chi connectivity index (χ1n) is 9.53. The summed E-state index contributed by atoms with van der Waals surface area (Å²) in [7, 11) is 0. The number of amides is 1. The Morgan fingerprint density at radius 2 is 1.82 bits per heavy atom. The summed E-state index contributed by atoms with van der Waals surface area (Å²) in [5, 5.41) is 7.44. The van der Waals surface area contributed by atoms with Gasteiger partial charge in [0.25, 0.3) is 5.91 Å². The van der Waals surface area contributed by atoms with Crippen LogP contribution in [0.5, 0.6) is 0 Å². The van der Waals surface area contributed by atoms with Crippen molar-refractivity contribution in [2.24, 2.45) is 0 Å². The Morgan fingerprint density at radius 3 is 2.54 bits per heavy atom. The van der Waals surface area contributed by atoms with Crippen molar-refractivity contribution in [1.29, 1.82) is 0 Å². The number of fused-ring (bicyclic) bond motifs is 1. The van der Waals surface area contributed by atoms with Gasteiger partial charge in [-0.1, -0.05) is 36.8 Å². The fraction of sp³-hybridized carbons (Fsp3) is 0.227. The zero-order chi connectivity index (χ0) is 19.7. The lowest BCUT2D eigenvalue weighted by atomic mass is 10.1. The van der Waals surface area contributed by atoms with Crippen LogP contribution in [0.1, 0.15) is 35.5 Å². The molecule has 2 aromatic carbocycles. The van der Waals surface area contributed by atoms with E-state index in [1.54, 1.807) is 6.20 Å². The Kier molecular flexibility index (Phi) is 4.69. The van der Waals surface area contributed by atoms with Crippen LogP contribution in [0, 0.1) is 6.92 Å². The quantitative estimate of drug-likeness (QED) is 0.565. The molecular formula is C22H23N5O. The molecule has 0 radical (unpaired) electrons. The Balaban J connectivity index is 1.68. The number of benzene rings is 2. The Hall–Kier alpha value is -3.41. The van der Waals surface area contributed by atoms with Gasteiger partial charge in [0.2, 0.25) is 5.95 Å². The predicted octanol–water partition coefficient (Wildman–Crippen LogP) is 4.37. The molecule has 4 aromatic rings. The third-order valence-electron chi connectivity index (χ3n) is 4.92. The second kappa shape index (κ2) is 7.31. The number of carbonyl (C=O) groups is 1. The minimum atomic E-state index is -0.194. The third kappa shape index (κ3) is 3.07. The molecular weight excluding hydrogens is 350 g/mol. The van der Waals surface area contributed by atoms with Crippen LogP contribution in [0.15, 0.2) is 54.7 Å². The monoisotopic (exact) mass is 373 g/mol. The lowest BCUT2D eigenvalue weighted by molar-refractivity contribution is 0.102. The molecule has 2 aromatic heterocycles. The van der Waals surface area contributed by atoms with Gasteiger partial charge in [-0.25, -0.2) is 9.67 Å². The molecule has 1 amide bonds. The fourth-order valence-corrected chi connectivity index (χ4v) is 3.47. The number of anilines is 1. The summed E-state index contributed by atoms with van der Waals surface area (Å²) in [5.74, 6) is 0.360. The van der Waals surface area contributed by atoms with Crippen LogP contribution in [-0.2, 0) is 13.0 Å². The van der Waals surface area contributed by atoms with Crippen LogP contribution in [-0.4, -0.2) is 25.2 Å². The summed E-state index contributed by atoms with van der Waals surface area (Å²) in [4.78, 5) is 17.6. The van der Waals surface area contributed by atoms with E-state index in [1.165, 1.54) is 5.56 Å². The highest BCUT2D eigenvalue weighted by Crippen LogP contribution is 2.21. The van der Waals surface area contributed by atoms with Gasteiger partial charge in [-0.3, -0.25) is 10.1 Å². The third-order valence-corrected chi connectivity index (χ3v) is 4.92. The lowest BCUT2D eigenvalue weighted by Crippen LogP contribution is -2.17. The molecule has 0 aliphatic carbocycles. The molecule has 0 fully saturated rings. The average Bonchev–Trinajstić information content (AvgIpc) is 3.29. The number of aryl methyl sites for hydroxylation is 2. The molecule has 142 valence electrons. The molecule has 0 spiro atoms. The molecule has 0 atom stereocenters. The van der Waals surface area contributed by atoms with Crippen molar-refractivity contribution in [3.05, 3.63) is 71.5 Å². The van der Waals surface area contributed by atoms with Gasteiger partial charge >= 0.3 is 0 Å². The van der Waals surface area contributed by atoms with Crippen LogP contribution < -0.4 is 5.32 Å². The zero-order valence-corrected chi connectivity index (χ0v) is 16.3. The molecule has 28 heavy (non-hydrogen) atoms. The average molecular weight is 373 g/mol. The van der Waals surface area contributed by atoms with E-state index in [-0.39, 0.29) is 5.91 Å². The molecule has 6 heteroatoms. The maximum Gasteiger partial charge on any atom is 0.261 e. The number of aromatic nitrogens is 4. The summed E-state index contributed by atoms with van der Waals surface area (Å²) in [6, 6.07) is 16.0. The van der Waals surface area contributed by atoms with Crippen LogP contribution in [0.4, 0.5) is 5.95 Å². The van der Waals surface area contributed by atoms with Crippen molar-refractivity contribution < 1.29 is 4.79 Å². The predicted molar refractivity (Wildman–Crippen MR) is 111 cm³/mol. The van der Waals surface area contributed by atoms with Gasteiger partial charge < -0.3 is 4.57 Å². The molecule has 4 rings (SSSR count). The van der Waals surface area contributed by atoms with Crippen LogP contribution in [0.3, 0.4) is 0 Å². The molecule has 0 aliphatic rings. The van der Waals surface area contributed by atoms with E-state index in [0.717, 1.165) is 29.0 Å². The first-order valence-corrected chi connectivity index (χ1v) is 9.53. The van der Waals surface area contributed by atoms with Crippen molar-refractivity contribution in [1.82, 2.24) is 19.3 Å². The fourth-order valence-electron chi connectivity index (χ4n) is 3.47. The minimum absolute atomic E-state index is 0.194. The Morgan fingerprint density at radius 1 is 1.07 bits per heavy atom. The zero-order valence-electron chi connectivity index (χ0n) is 16.3. The molecule has 0 saturated carbocycles. The standard InChI is InChI=1S/C22H23N5O/c1-4-19-17(14-23-27(19)16-12-10-15(3)11-13-16)21(28)25-22-24-18-8-6-7-9-20(18)26(22)5-2/h6-14H,4-5H2,1-3H3,(H,24,25,28). The minimum Gasteiger partial charge on any atom is -0.310 e. The number of nitrogens with one attached hydrogen (secondary N) is 1. The van der Waals surface area contributed by atoms with Crippen LogP contribution in [0.2, 0.25) is 0 Å². The first-order chi connectivity index (χ1) is 13.6. The Bertz CT molecular complexity index is 1140. The van der Waals surface area contributed by atoms with Crippen LogP contribution >= 0.6 is 0 Å². The molecule has 6 nitrogen and oxygen atoms in total. The molecule has 0 bridgehead atoms. The van der Waals surface area contributed by atoms with E-state index in [9.17, 15) is 4.79 Å². The summed E-state index contributed by atoms with van der Waals surface area (Å²) in [6.45, 7) is 6.84. The lowest BCUT2D eigenvalue weighted by Gasteiger charge is -2.10. The molecule has 0 saturated heterocycles. The van der Waals surface area contributed by atoms with E-state index in [4.69, 9.17) is 0 Å². The SMILES string of the molecule is CCc1c(C(=O)Nc2nc3ccccc3n2CC)cnn1-c1ccc(C)cc1. The van der Waals surface area contributed by atoms with Gasteiger partial charge in [-0.05, 0) is 44.5 Å². The molecule has 0 unspecified atom stereocenters. The topological polar surface area (TPSA) is 64.7 Å². The molecule has 0 aliphatic heterocycles. The first kappa shape index (κ1) is 18.0. The van der Waals surface area contributed by atoms with E-state index in [1.807, 2.05) is 78.6 Å². The smallest absolute Gasteiger partial charge is 0.261 e. The van der Waals surface area contributed by atoms with Gasteiger partial charge in [0, 0.05) is 6.54 Å². The van der Waals surface area contributed by atoms with Crippen LogP contribution in [0.25, 0.3) is 16.7 Å². The number of hydrogen-bond acceptors (Lipinski definition) is 3. The number of para-hydroxylation sites is 2. The highest BCUT2D eigenvalue weighted by molar-refractivity contribution is 6.04. The molecule has 1 N–H and O–H groups in total. The summed E-state index contributed by atoms with van der Waals surface area (Å²) >= 11 is 0. The van der Waals surface area contributed by atoms with Crippen molar-refractivity contribution >= 4 is 22.9 Å². The normalized spacial score (nSPS) is 11.1. The largest absolute Gasteiger partial charge is 0.310 e. The number of rotatable bonds is 5. The summed E-state index contributed by atoms with van der Waals surface area (Å²) in [5.41, 5.74) is 5.45. The number of nitrogens with zero attached hydrogens (tertiary/aromatic N) is 4. The maximum atomic E-state index is 13.0. The second-order valence-electron chi connectivity index (χ2n) is 6.73. The number of imidazole rings is 1. The summed E-state index contributed by atoms with van der Waals surface area (Å²) < 4.78 is 3.83. The van der Waals surface area contributed by atoms with Gasteiger partial charge in [-0.15, -0.1) is 0 Å². The van der Waals surface area contributed by atoms with Crippen molar-refractivity contribution in [2.45, 2.75) is 33.7 Å². The number of carbonyl (C=O) groups excluding carboxylic acids is 1. The van der Waals surface area contributed by atoms with E-state index in [0.29, 0.717) is 17.9 Å². The van der Waals surface area contributed by atoms with Crippen molar-refractivity contribution in [3.63, 3.8) is 0 Å². The Labute approximate surface area is 163 Å². The van der Waals surface area contributed by atoms with E-state index >= 15 is 0 Å². The van der Waals surface area contributed by atoms with E-state index in [2.05, 4.69) is 15.4 Å². The second-order valence-corrected chi connectivity index (χ2v) is 6.73. The van der Waals surface area contributed by atoms with Crippen molar-refractivity contribution in [3.8, 4) is 5.69 Å². The van der Waals surface area contributed by atoms with Gasteiger partial charge in [-0.2, -0.15) is 5.10 Å². The van der Waals surface area contributed by atoms with E-state index < -0.39 is 0 Å². The van der Waals surface area contributed by atoms with Crippen molar-refractivity contribution in [2.75, 3.05) is 5.32 Å². The highest BCUT2D eigenvalue weighted by Gasteiger charge is 2.19. The van der Waals surface area contributed by atoms with Gasteiger partial charge in [0.15, 0.2) is 0 Å².